The zero-order valence-corrected chi connectivity index (χ0v) is 29.0. The first kappa shape index (κ1) is 37.6. The molecular weight excluding hydrogens is 621 g/mol. The molecule has 4 unspecified atom stereocenters. The van der Waals surface area contributed by atoms with Crippen molar-refractivity contribution in [2.75, 3.05) is 0 Å². The number of alkyl halides is 2. The van der Waals surface area contributed by atoms with Crippen LogP contribution in [0.3, 0.4) is 0 Å². The van der Waals surface area contributed by atoms with Gasteiger partial charge in [-0.15, -0.1) is 0 Å². The van der Waals surface area contributed by atoms with Crippen molar-refractivity contribution >= 4 is 30.7 Å². The number of carbonyl (C=O) groups is 2. The zero-order chi connectivity index (χ0) is 29.6. The molecule has 0 aromatic heterocycles. The molecule has 1 fully saturated rings. The van der Waals surface area contributed by atoms with E-state index in [1.54, 1.807) is 0 Å². The number of carbonyl (C=O) groups excluding carboxylic acids is 2. The molecule has 0 aromatic carbocycles. The number of hydrogen-bond acceptors (Lipinski definition) is 5. The van der Waals surface area contributed by atoms with Crippen molar-refractivity contribution in [3.63, 3.8) is 0 Å². The number of unbranched alkanes of at least 4 members (excludes halogenated alkanes) is 18. The summed E-state index contributed by atoms with van der Waals surface area (Å²) in [6.45, 7) is 6.80. The van der Waals surface area contributed by atoms with Crippen LogP contribution in [0, 0.1) is 0 Å². The number of ether oxygens (including phenoxy) is 2. The standard InChI is InChI=1S/2C12H25.C8H10F2O5.Sn/c2*1-3-5-7-9-11-12-10-8-6-4-2;1-4(11)14-7(6(10)3-9)8(13)15-5(2)12;/h2*1,3-12H2,2H3;3,6-8H,1-2H3;/q;;-1;+1. The molecule has 0 aromatic rings. The molecule has 0 aliphatic carbocycles. The second kappa shape index (κ2) is 23.1. The summed E-state index contributed by atoms with van der Waals surface area (Å²) in [5.41, 5.74) is 0. The van der Waals surface area contributed by atoms with E-state index >= 15 is 8.78 Å². The van der Waals surface area contributed by atoms with Gasteiger partial charge in [0.2, 0.25) is 0 Å². The van der Waals surface area contributed by atoms with Gasteiger partial charge in [-0.3, -0.25) is 0 Å². The molecule has 1 aliphatic rings. The molecule has 0 saturated carbocycles. The van der Waals surface area contributed by atoms with Crippen LogP contribution in [0.25, 0.3) is 0 Å². The van der Waals surface area contributed by atoms with E-state index in [2.05, 4.69) is 13.8 Å². The van der Waals surface area contributed by atoms with Crippen molar-refractivity contribution in [1.29, 1.82) is 0 Å². The van der Waals surface area contributed by atoms with Crippen LogP contribution in [0.5, 0.6) is 0 Å². The first-order chi connectivity index (χ1) is 19.3. The van der Waals surface area contributed by atoms with E-state index in [9.17, 15) is 9.59 Å². The van der Waals surface area contributed by atoms with Crippen molar-refractivity contribution in [3.8, 4) is 0 Å². The summed E-state index contributed by atoms with van der Waals surface area (Å²) in [4.78, 5) is 23.4. The van der Waals surface area contributed by atoms with Gasteiger partial charge in [-0.1, -0.05) is 0 Å². The van der Waals surface area contributed by atoms with Gasteiger partial charge in [-0.2, -0.15) is 0 Å². The molecule has 0 bridgehead atoms. The maximum atomic E-state index is 15.9. The normalized spacial score (nSPS) is 22.2. The van der Waals surface area contributed by atoms with Crippen LogP contribution >= 0.6 is 0 Å². The Kier molecular flexibility index (Phi) is 21.7. The summed E-state index contributed by atoms with van der Waals surface area (Å²) in [5, 5.41) is 0. The topological polar surface area (TPSA) is 61.8 Å². The van der Waals surface area contributed by atoms with Gasteiger partial charge in [-0.25, -0.2) is 0 Å². The van der Waals surface area contributed by atoms with E-state index in [0.29, 0.717) is 8.87 Å². The molecule has 4 atom stereocenters. The van der Waals surface area contributed by atoms with Gasteiger partial charge in [0, 0.05) is 0 Å². The van der Waals surface area contributed by atoms with E-state index < -0.39 is 53.5 Å². The SMILES string of the molecule is CCCCCCCCCCC[CH2][Sn]1([CH2]CCCCCCCCCCC)[O]C(OC(C)=O)C(OC(C)=O)C(F)[CH]1F. The fourth-order valence-electron chi connectivity index (χ4n) is 5.88. The Balaban J connectivity index is 2.69. The van der Waals surface area contributed by atoms with Crippen LogP contribution in [0.15, 0.2) is 0 Å². The van der Waals surface area contributed by atoms with Gasteiger partial charge in [0.15, 0.2) is 0 Å². The minimum absolute atomic E-state index is 0.564. The molecule has 0 radical (unpaired) electrons. The van der Waals surface area contributed by atoms with Crippen LogP contribution < -0.4 is 0 Å². The first-order valence-corrected chi connectivity index (χ1v) is 23.4. The number of halogens is 2. The fraction of sp³-hybridized carbons (Fsp3) is 0.938. The Morgan fingerprint density at radius 1 is 0.600 bits per heavy atom. The van der Waals surface area contributed by atoms with Gasteiger partial charge in [0.1, 0.15) is 0 Å². The number of esters is 2. The van der Waals surface area contributed by atoms with Crippen LogP contribution in [-0.4, -0.2) is 53.5 Å². The monoisotopic (exact) mass is 682 g/mol. The minimum atomic E-state index is -4.22. The van der Waals surface area contributed by atoms with Crippen LogP contribution in [0.1, 0.15) is 156 Å². The van der Waals surface area contributed by atoms with Crippen molar-refractivity contribution in [3.05, 3.63) is 0 Å². The Hall–Kier alpha value is -0.441. The molecule has 236 valence electrons. The van der Waals surface area contributed by atoms with Gasteiger partial charge in [0.25, 0.3) is 0 Å². The maximum absolute atomic E-state index is 15.9. The third-order valence-electron chi connectivity index (χ3n) is 8.21. The van der Waals surface area contributed by atoms with E-state index in [4.69, 9.17) is 12.5 Å². The molecule has 0 spiro atoms. The third-order valence-corrected chi connectivity index (χ3v) is 20.8. The van der Waals surface area contributed by atoms with Crippen molar-refractivity contribution in [2.45, 2.75) is 188 Å². The number of rotatable bonds is 24. The third kappa shape index (κ3) is 15.7. The van der Waals surface area contributed by atoms with Crippen LogP contribution in [0.4, 0.5) is 8.78 Å². The van der Waals surface area contributed by atoms with Gasteiger partial charge in [-0.05, 0) is 0 Å². The molecule has 1 rings (SSSR count). The molecule has 0 N–H and O–H groups in total. The summed E-state index contributed by atoms with van der Waals surface area (Å²) >= 11 is -4.22. The Morgan fingerprint density at radius 2 is 0.950 bits per heavy atom. The van der Waals surface area contributed by atoms with Crippen molar-refractivity contribution in [2.24, 2.45) is 0 Å². The molecule has 1 heterocycles. The van der Waals surface area contributed by atoms with Crippen molar-refractivity contribution in [1.82, 2.24) is 0 Å². The molecule has 1 saturated heterocycles. The first-order valence-electron chi connectivity index (χ1n) is 16.6. The quantitative estimate of drug-likeness (QED) is 0.0577. The van der Waals surface area contributed by atoms with E-state index in [1.165, 1.54) is 96.8 Å². The summed E-state index contributed by atoms with van der Waals surface area (Å²) in [6, 6.07) is 0. The summed E-state index contributed by atoms with van der Waals surface area (Å²) in [5.74, 6) is -1.39. The predicted molar refractivity (Wildman–Crippen MR) is 161 cm³/mol. The summed E-state index contributed by atoms with van der Waals surface area (Å²) < 4.78 is 47.5. The molecule has 40 heavy (non-hydrogen) atoms. The summed E-state index contributed by atoms with van der Waals surface area (Å²) in [6.07, 6.45) is 18.5. The van der Waals surface area contributed by atoms with Gasteiger partial charge < -0.3 is 0 Å². The second-order valence-corrected chi connectivity index (χ2v) is 23.1. The zero-order valence-electron chi connectivity index (χ0n) is 26.2. The average molecular weight is 682 g/mol. The Morgan fingerprint density at radius 3 is 1.30 bits per heavy atom. The van der Waals surface area contributed by atoms with Crippen LogP contribution in [0.2, 0.25) is 8.87 Å². The predicted octanol–water partition coefficient (Wildman–Crippen LogP) is 9.84. The molecular formula is C32H60F2O5Sn. The molecule has 8 heteroatoms. The van der Waals surface area contributed by atoms with E-state index in [0.717, 1.165) is 45.4 Å². The summed E-state index contributed by atoms with van der Waals surface area (Å²) in [7, 11) is 0. The van der Waals surface area contributed by atoms with Gasteiger partial charge >= 0.3 is 249 Å². The van der Waals surface area contributed by atoms with Gasteiger partial charge in [0.05, 0.1) is 0 Å². The Labute approximate surface area is 248 Å². The molecule has 1 aliphatic heterocycles. The van der Waals surface area contributed by atoms with Crippen LogP contribution in [-0.2, 0) is 22.1 Å². The molecule has 0 amide bonds. The van der Waals surface area contributed by atoms with Crippen molar-refractivity contribution < 1.29 is 30.9 Å². The fourth-order valence-corrected chi connectivity index (χ4v) is 18.1. The average Bonchev–Trinajstić information content (AvgIpc) is 2.91. The Bertz CT molecular complexity index is 641. The number of hydrogen-bond donors (Lipinski definition) is 0. The van der Waals surface area contributed by atoms with E-state index in [-0.39, 0.29) is 0 Å². The second-order valence-electron chi connectivity index (χ2n) is 11.9. The molecule has 5 nitrogen and oxygen atoms in total. The van der Waals surface area contributed by atoms with E-state index in [1.807, 2.05) is 0 Å².